The number of amides is 1. The molecule has 4 aromatic rings. The fourth-order valence-corrected chi connectivity index (χ4v) is 4.31. The molecule has 2 heterocycles. The Bertz CT molecular complexity index is 1490. The van der Waals surface area contributed by atoms with Gasteiger partial charge >= 0.3 is 12.0 Å². The molecule has 0 atom stereocenters. The minimum Gasteiger partial charge on any atom is -0.449 e. The van der Waals surface area contributed by atoms with E-state index in [1.165, 1.54) is 18.7 Å². The number of carbonyl (C=O) groups excluding carboxylic acids is 2. The van der Waals surface area contributed by atoms with Crippen molar-refractivity contribution in [3.63, 3.8) is 0 Å². The van der Waals surface area contributed by atoms with Gasteiger partial charge in [-0.1, -0.05) is 61.4 Å². The van der Waals surface area contributed by atoms with E-state index < -0.39 is 11.6 Å². The Hall–Kier alpha value is -4.58. The average molecular weight is 498 g/mol. The van der Waals surface area contributed by atoms with Crippen molar-refractivity contribution in [2.75, 3.05) is 4.90 Å². The largest absolute Gasteiger partial charge is 0.449 e. The van der Waals surface area contributed by atoms with E-state index in [0.29, 0.717) is 24.1 Å². The van der Waals surface area contributed by atoms with Crippen LogP contribution >= 0.6 is 0 Å². The van der Waals surface area contributed by atoms with Gasteiger partial charge in [0.25, 0.3) is 5.89 Å². The molecule has 4 rings (SSSR count). The molecule has 0 fully saturated rings. The van der Waals surface area contributed by atoms with Crippen molar-refractivity contribution in [2.45, 2.75) is 52.7 Å². The Morgan fingerprint density at radius 1 is 1.05 bits per heavy atom. The van der Waals surface area contributed by atoms with Crippen molar-refractivity contribution in [3.8, 4) is 17.2 Å². The zero-order valence-electron chi connectivity index (χ0n) is 21.2. The molecule has 0 N–H and O–H groups in total. The van der Waals surface area contributed by atoms with Gasteiger partial charge in [0, 0.05) is 19.2 Å². The molecule has 188 valence electrons. The summed E-state index contributed by atoms with van der Waals surface area (Å²) in [6.07, 6.45) is 0.873. The Morgan fingerprint density at radius 3 is 2.41 bits per heavy atom. The maximum atomic E-state index is 12.6. The number of rotatable bonds is 8. The molecule has 0 aliphatic carbocycles. The number of nitriles is 1. The predicted molar refractivity (Wildman–Crippen MR) is 137 cm³/mol. The molecule has 0 spiro atoms. The predicted octanol–water partition coefficient (Wildman–Crippen LogP) is 5.29. The highest BCUT2D eigenvalue weighted by atomic mass is 16.6. The van der Waals surface area contributed by atoms with Crippen LogP contribution in [0, 0.1) is 11.3 Å². The van der Waals surface area contributed by atoms with E-state index in [0.717, 1.165) is 22.1 Å². The van der Waals surface area contributed by atoms with Crippen LogP contribution in [0.15, 0.2) is 59.0 Å². The van der Waals surface area contributed by atoms with Crippen LogP contribution in [-0.2, 0) is 26.5 Å². The van der Waals surface area contributed by atoms with Crippen LogP contribution in [0.25, 0.3) is 22.0 Å². The van der Waals surface area contributed by atoms with Crippen LogP contribution in [0.3, 0.4) is 0 Å². The number of hydrogen-bond donors (Lipinski definition) is 0. The van der Waals surface area contributed by atoms with Crippen molar-refractivity contribution in [1.82, 2.24) is 15.2 Å². The van der Waals surface area contributed by atoms with E-state index >= 15 is 0 Å². The lowest BCUT2D eigenvalue weighted by Crippen LogP contribution is -2.31. The van der Waals surface area contributed by atoms with Crippen LogP contribution in [0.5, 0.6) is 0 Å². The molecular weight excluding hydrogens is 470 g/mol. The fraction of sp³-hybridized carbons (Fsp3) is 0.286. The number of ether oxygens (including phenoxy) is 1. The summed E-state index contributed by atoms with van der Waals surface area (Å²) in [6, 6.07) is 19.4. The number of carbonyl (C=O) groups is 2. The van der Waals surface area contributed by atoms with E-state index in [-0.39, 0.29) is 24.4 Å². The van der Waals surface area contributed by atoms with Crippen LogP contribution in [0.4, 0.5) is 6.01 Å². The van der Waals surface area contributed by atoms with Crippen LogP contribution < -0.4 is 4.90 Å². The van der Waals surface area contributed by atoms with Gasteiger partial charge < -0.3 is 9.15 Å². The lowest BCUT2D eigenvalue weighted by molar-refractivity contribution is -0.162. The normalized spacial score (nSPS) is 11.2. The van der Waals surface area contributed by atoms with Crippen molar-refractivity contribution in [3.05, 3.63) is 71.7 Å². The van der Waals surface area contributed by atoms with Crippen molar-refractivity contribution in [1.29, 1.82) is 5.26 Å². The van der Waals surface area contributed by atoms with Gasteiger partial charge in [0.05, 0.1) is 12.1 Å². The monoisotopic (exact) mass is 497 g/mol. The highest BCUT2D eigenvalue weighted by Crippen LogP contribution is 2.34. The third kappa shape index (κ3) is 5.19. The quantitative estimate of drug-likeness (QED) is 0.301. The molecule has 9 nitrogen and oxygen atoms in total. The van der Waals surface area contributed by atoms with Gasteiger partial charge in [0.15, 0.2) is 5.60 Å². The van der Waals surface area contributed by atoms with E-state index in [9.17, 15) is 14.9 Å². The molecule has 9 heteroatoms. The first-order chi connectivity index (χ1) is 17.8. The Balaban J connectivity index is 1.70. The van der Waals surface area contributed by atoms with E-state index in [2.05, 4.69) is 21.3 Å². The topological polar surface area (TPSA) is 122 Å². The van der Waals surface area contributed by atoms with Gasteiger partial charge in [-0.3, -0.25) is 14.5 Å². The van der Waals surface area contributed by atoms with Gasteiger partial charge in [-0.05, 0) is 41.7 Å². The van der Waals surface area contributed by atoms with Gasteiger partial charge in [-0.2, -0.15) is 5.26 Å². The van der Waals surface area contributed by atoms with Gasteiger partial charge in [0.1, 0.15) is 11.8 Å². The first kappa shape index (κ1) is 25.5. The summed E-state index contributed by atoms with van der Waals surface area (Å²) in [5.74, 6) is -0.618. The molecule has 37 heavy (non-hydrogen) atoms. The molecule has 1 amide bonds. The summed E-state index contributed by atoms with van der Waals surface area (Å²) >= 11 is 0. The van der Waals surface area contributed by atoms with E-state index in [4.69, 9.17) is 9.15 Å². The molecule has 2 aromatic carbocycles. The number of nitrogens with zero attached hydrogens (tertiary/aromatic N) is 5. The number of fused-ring (bicyclic) bond motifs is 1. The van der Waals surface area contributed by atoms with E-state index in [1.54, 1.807) is 6.07 Å². The SMILES string of the molecule is CCC(CC)(OC(C)=O)c1nnc(N(Cc2ccc3c(-c4ccccc4)cc(C#N)nc3c2)C(C)=O)o1. The average Bonchev–Trinajstić information content (AvgIpc) is 3.40. The summed E-state index contributed by atoms with van der Waals surface area (Å²) in [6.45, 7) is 6.60. The maximum Gasteiger partial charge on any atom is 0.325 e. The van der Waals surface area contributed by atoms with Crippen molar-refractivity contribution >= 4 is 28.8 Å². The molecule has 0 aliphatic heterocycles. The Labute approximate surface area is 214 Å². The second kappa shape index (κ2) is 10.6. The first-order valence-electron chi connectivity index (χ1n) is 12.0. The second-order valence-electron chi connectivity index (χ2n) is 8.67. The molecule has 2 aromatic heterocycles. The zero-order chi connectivity index (χ0) is 26.6. The molecule has 0 aliphatic rings. The number of hydrogen-bond acceptors (Lipinski definition) is 8. The third-order valence-corrected chi connectivity index (χ3v) is 6.31. The highest BCUT2D eigenvalue weighted by molar-refractivity contribution is 5.95. The summed E-state index contributed by atoms with van der Waals surface area (Å²) < 4.78 is 11.4. The summed E-state index contributed by atoms with van der Waals surface area (Å²) in [4.78, 5) is 30.1. The Kier molecular flexibility index (Phi) is 7.30. The summed E-state index contributed by atoms with van der Waals surface area (Å²) in [7, 11) is 0. The summed E-state index contributed by atoms with van der Waals surface area (Å²) in [5.41, 5.74) is 2.52. The standard InChI is InChI=1S/C28H27N5O4/c1-5-28(6-2,37-19(4)35)26-31-32-27(36-26)33(18(3)34)17-20-12-13-23-24(21-10-8-7-9-11-21)15-22(16-29)30-25(23)14-20/h7-15H,5-6,17H2,1-4H3. The van der Waals surface area contributed by atoms with Crippen molar-refractivity contribution < 1.29 is 18.7 Å². The molecule has 0 unspecified atom stereocenters. The lowest BCUT2D eigenvalue weighted by atomic mass is 9.97. The minimum atomic E-state index is -1.06. The van der Waals surface area contributed by atoms with Gasteiger partial charge in [0.2, 0.25) is 5.91 Å². The number of aromatic nitrogens is 3. The lowest BCUT2D eigenvalue weighted by Gasteiger charge is -2.27. The van der Waals surface area contributed by atoms with Crippen molar-refractivity contribution in [2.24, 2.45) is 0 Å². The van der Waals surface area contributed by atoms with Crippen LogP contribution in [0.2, 0.25) is 0 Å². The summed E-state index contributed by atoms with van der Waals surface area (Å²) in [5, 5.41) is 18.6. The minimum absolute atomic E-state index is 0.00438. The fourth-order valence-electron chi connectivity index (χ4n) is 4.31. The molecular formula is C28H27N5O4. The highest BCUT2D eigenvalue weighted by Gasteiger charge is 2.38. The molecule has 0 bridgehead atoms. The molecule has 0 saturated carbocycles. The number of benzene rings is 2. The van der Waals surface area contributed by atoms with Crippen LogP contribution in [-0.4, -0.2) is 27.1 Å². The number of esters is 1. The molecule has 0 saturated heterocycles. The third-order valence-electron chi connectivity index (χ3n) is 6.31. The van der Waals surface area contributed by atoms with E-state index in [1.807, 2.05) is 62.4 Å². The Morgan fingerprint density at radius 2 is 1.78 bits per heavy atom. The van der Waals surface area contributed by atoms with Gasteiger partial charge in [-0.25, -0.2) is 4.98 Å². The smallest absolute Gasteiger partial charge is 0.325 e. The number of pyridine rings is 1. The first-order valence-corrected chi connectivity index (χ1v) is 12.0. The maximum absolute atomic E-state index is 12.6. The second-order valence-corrected chi connectivity index (χ2v) is 8.67. The molecule has 0 radical (unpaired) electrons. The number of anilines is 1. The van der Waals surface area contributed by atoms with Crippen LogP contribution in [0.1, 0.15) is 57.7 Å². The van der Waals surface area contributed by atoms with Gasteiger partial charge in [-0.15, -0.1) is 5.10 Å². The zero-order valence-corrected chi connectivity index (χ0v) is 21.2.